The Kier molecular flexibility index (Phi) is 9.37. The van der Waals surface area contributed by atoms with Gasteiger partial charge in [0.15, 0.2) is 16.6 Å². The predicted molar refractivity (Wildman–Crippen MR) is 160 cm³/mol. The van der Waals surface area contributed by atoms with Crippen molar-refractivity contribution >= 4 is 16.6 Å². The van der Waals surface area contributed by atoms with Gasteiger partial charge in [0.1, 0.15) is 6.10 Å². The van der Waals surface area contributed by atoms with E-state index in [1.165, 1.54) is 0 Å². The van der Waals surface area contributed by atoms with Crippen molar-refractivity contribution in [1.82, 2.24) is 0 Å². The first-order valence-electron chi connectivity index (χ1n) is 14.8. The Balaban J connectivity index is 1.87. The second kappa shape index (κ2) is 11.0. The van der Waals surface area contributed by atoms with Crippen LogP contribution in [0, 0.1) is 0 Å². The van der Waals surface area contributed by atoms with Crippen LogP contribution in [-0.4, -0.2) is 76.2 Å². The molecule has 1 N–H and O–H groups in total. The Morgan fingerprint density at radius 1 is 0.947 bits per heavy atom. The molecule has 8 atom stereocenters. The molecule has 0 aromatic heterocycles. The number of fused-ring (bicyclic) bond motifs is 2. The predicted octanol–water partition coefficient (Wildman–Crippen LogP) is 6.98. The fraction of sp³-hybridized carbons (Fsp3) is 0.933. The maximum atomic E-state index is 10.6. The highest BCUT2D eigenvalue weighted by Gasteiger charge is 2.59. The Bertz CT molecular complexity index is 834. The zero-order valence-corrected chi connectivity index (χ0v) is 28.5. The van der Waals surface area contributed by atoms with Gasteiger partial charge >= 0.3 is 0 Å². The van der Waals surface area contributed by atoms with E-state index in [9.17, 15) is 5.11 Å². The maximum absolute atomic E-state index is 10.6. The van der Waals surface area contributed by atoms with Crippen molar-refractivity contribution in [3.63, 3.8) is 0 Å². The molecule has 3 rings (SSSR count). The van der Waals surface area contributed by atoms with E-state index in [0.29, 0.717) is 13.0 Å². The molecule has 0 aliphatic carbocycles. The minimum atomic E-state index is -2.10. The second-order valence-corrected chi connectivity index (χ2v) is 25.1. The summed E-state index contributed by atoms with van der Waals surface area (Å²) in [5.74, 6) is 0. The lowest BCUT2D eigenvalue weighted by molar-refractivity contribution is -0.308. The van der Waals surface area contributed by atoms with E-state index in [2.05, 4.69) is 88.2 Å². The summed E-state index contributed by atoms with van der Waals surface area (Å²) in [7, 11) is -3.98. The number of hydrogen-bond acceptors (Lipinski definition) is 6. The first kappa shape index (κ1) is 32.4. The van der Waals surface area contributed by atoms with Gasteiger partial charge in [-0.3, -0.25) is 0 Å². The summed E-state index contributed by atoms with van der Waals surface area (Å²) >= 11 is 0. The summed E-state index contributed by atoms with van der Waals surface area (Å²) in [5, 5.41) is 10.8. The van der Waals surface area contributed by atoms with Crippen LogP contribution in [0.5, 0.6) is 0 Å². The van der Waals surface area contributed by atoms with E-state index in [1.807, 2.05) is 0 Å². The molecule has 0 aromatic rings. The molecule has 3 saturated heterocycles. The van der Waals surface area contributed by atoms with Crippen LogP contribution < -0.4 is 0 Å². The van der Waals surface area contributed by atoms with Crippen LogP contribution in [0.3, 0.4) is 0 Å². The van der Waals surface area contributed by atoms with Gasteiger partial charge in [-0.25, -0.2) is 0 Å². The Labute approximate surface area is 235 Å². The normalized spacial score (nSPS) is 39.2. The third-order valence-electron chi connectivity index (χ3n) is 10.3. The van der Waals surface area contributed by atoms with Gasteiger partial charge in [0, 0.05) is 19.4 Å². The van der Waals surface area contributed by atoms with E-state index in [0.717, 1.165) is 25.7 Å². The summed E-state index contributed by atoms with van der Waals surface area (Å²) in [6, 6.07) is 0. The summed E-state index contributed by atoms with van der Waals surface area (Å²) in [4.78, 5) is 0. The summed E-state index contributed by atoms with van der Waals surface area (Å²) in [6.45, 7) is 31.9. The van der Waals surface area contributed by atoms with E-state index < -0.39 is 33.9 Å². The molecule has 6 nitrogen and oxygen atoms in total. The van der Waals surface area contributed by atoms with Crippen LogP contribution in [-0.2, 0) is 23.1 Å². The molecule has 38 heavy (non-hydrogen) atoms. The maximum Gasteiger partial charge on any atom is 0.192 e. The highest BCUT2D eigenvalue weighted by molar-refractivity contribution is 6.74. The standard InChI is InChI=1S/C30H58O6Si2/c1-14-22-21(31)15-16-23-24(33-22)19-26-29(8,35-23)20-30(9,36-38(12,13)28(5,6)7)25(34-26)17-18-32-37(10,11)27(2,3)4/h14,21-26,31H,1,15-20H2,2-13H3/t21-,22+,23+,24-,25-,26+,29-,30+/m0/s1. The van der Waals surface area contributed by atoms with Crippen molar-refractivity contribution < 1.29 is 28.2 Å². The van der Waals surface area contributed by atoms with Gasteiger partial charge in [0.05, 0.1) is 41.7 Å². The Morgan fingerprint density at radius 3 is 2.11 bits per heavy atom. The molecule has 0 spiro atoms. The molecular weight excluding hydrogens is 512 g/mol. The molecule has 0 bridgehead atoms. The largest absolute Gasteiger partial charge is 0.417 e. The fourth-order valence-electron chi connectivity index (χ4n) is 5.86. The molecule has 8 heteroatoms. The van der Waals surface area contributed by atoms with Crippen LogP contribution in [0.2, 0.25) is 36.3 Å². The first-order valence-corrected chi connectivity index (χ1v) is 20.6. The van der Waals surface area contributed by atoms with Crippen LogP contribution in [0.25, 0.3) is 0 Å². The summed E-state index contributed by atoms with van der Waals surface area (Å²) in [6.07, 6.45) is 4.08. The Hall–Kier alpha value is -0.0662. The monoisotopic (exact) mass is 570 g/mol. The lowest BCUT2D eigenvalue weighted by Crippen LogP contribution is -2.68. The molecule has 3 aliphatic heterocycles. The minimum absolute atomic E-state index is 0.0740. The molecule has 3 aliphatic rings. The van der Waals surface area contributed by atoms with Crippen LogP contribution >= 0.6 is 0 Å². The summed E-state index contributed by atoms with van der Waals surface area (Å²) in [5.41, 5.74) is -0.982. The number of aliphatic hydroxyl groups is 1. The van der Waals surface area contributed by atoms with Gasteiger partial charge in [-0.1, -0.05) is 47.6 Å². The van der Waals surface area contributed by atoms with E-state index in [-0.39, 0.29) is 40.6 Å². The van der Waals surface area contributed by atoms with Crippen LogP contribution in [0.4, 0.5) is 0 Å². The number of aliphatic hydroxyl groups excluding tert-OH is 1. The molecule has 0 radical (unpaired) electrons. The lowest BCUT2D eigenvalue weighted by atomic mass is 9.74. The molecule has 222 valence electrons. The number of ether oxygens (including phenoxy) is 3. The van der Waals surface area contributed by atoms with Gasteiger partial charge < -0.3 is 28.2 Å². The van der Waals surface area contributed by atoms with Gasteiger partial charge in [0.2, 0.25) is 0 Å². The van der Waals surface area contributed by atoms with Crippen molar-refractivity contribution in [3.8, 4) is 0 Å². The second-order valence-electron chi connectivity index (χ2n) is 15.6. The van der Waals surface area contributed by atoms with Gasteiger partial charge in [-0.05, 0) is 69.4 Å². The number of rotatable bonds is 7. The molecule has 3 heterocycles. The van der Waals surface area contributed by atoms with E-state index >= 15 is 0 Å². The van der Waals surface area contributed by atoms with Crippen molar-refractivity contribution in [1.29, 1.82) is 0 Å². The van der Waals surface area contributed by atoms with Gasteiger partial charge in [0.25, 0.3) is 0 Å². The third-order valence-corrected chi connectivity index (χ3v) is 19.4. The van der Waals surface area contributed by atoms with Gasteiger partial charge in [-0.15, -0.1) is 6.58 Å². The highest BCUT2D eigenvalue weighted by atomic mass is 28.4. The van der Waals surface area contributed by atoms with E-state index in [1.54, 1.807) is 6.08 Å². The molecular formula is C30H58O6Si2. The Morgan fingerprint density at radius 2 is 1.55 bits per heavy atom. The average molecular weight is 571 g/mol. The highest BCUT2D eigenvalue weighted by Crippen LogP contribution is 2.51. The van der Waals surface area contributed by atoms with Crippen molar-refractivity contribution in [2.24, 2.45) is 0 Å². The number of hydrogen-bond donors (Lipinski definition) is 1. The molecule has 3 fully saturated rings. The lowest BCUT2D eigenvalue weighted by Gasteiger charge is -2.59. The molecule has 0 unspecified atom stereocenters. The average Bonchev–Trinajstić information content (AvgIpc) is 2.88. The van der Waals surface area contributed by atoms with Crippen molar-refractivity contribution in [2.75, 3.05) is 6.61 Å². The molecule has 0 saturated carbocycles. The fourth-order valence-corrected chi connectivity index (χ4v) is 8.60. The zero-order valence-electron chi connectivity index (χ0n) is 26.5. The molecule has 0 amide bonds. The van der Waals surface area contributed by atoms with Crippen LogP contribution in [0.1, 0.15) is 87.5 Å². The zero-order chi connectivity index (χ0) is 28.9. The van der Waals surface area contributed by atoms with Gasteiger partial charge in [-0.2, -0.15) is 0 Å². The molecule has 0 aromatic carbocycles. The summed E-state index contributed by atoms with van der Waals surface area (Å²) < 4.78 is 34.0. The first-order chi connectivity index (χ1) is 17.1. The smallest absolute Gasteiger partial charge is 0.192 e. The SMILES string of the molecule is C=C[C@H]1O[C@H]2C[C@H]3O[C@@H](CCO[Si](C)(C)C(C)(C)C)[C@](C)(O[Si](C)(C)C(C)(C)C)C[C@]3(C)O[C@@H]2CC[C@@H]1O. The topological polar surface area (TPSA) is 66.4 Å². The van der Waals surface area contributed by atoms with Crippen molar-refractivity contribution in [3.05, 3.63) is 12.7 Å². The van der Waals surface area contributed by atoms with Crippen LogP contribution in [0.15, 0.2) is 12.7 Å². The van der Waals surface area contributed by atoms with Crippen molar-refractivity contribution in [2.45, 2.75) is 172 Å². The quantitative estimate of drug-likeness (QED) is 0.263. The third kappa shape index (κ3) is 6.69. The minimum Gasteiger partial charge on any atom is -0.417 e. The van der Waals surface area contributed by atoms with E-state index in [4.69, 9.17) is 23.1 Å².